The van der Waals surface area contributed by atoms with Crippen LogP contribution in [0.4, 0.5) is 0 Å². The summed E-state index contributed by atoms with van der Waals surface area (Å²) >= 11 is 0. The van der Waals surface area contributed by atoms with E-state index in [4.69, 9.17) is 18.9 Å². The third kappa shape index (κ3) is 12.1. The minimum Gasteiger partial charge on any atom is -0.379 e. The average molecular weight is 416 g/mol. The molecule has 166 valence electrons. The summed E-state index contributed by atoms with van der Waals surface area (Å²) in [5, 5.41) is 0. The molecule has 1 atom stereocenters. The second kappa shape index (κ2) is 16.0. The molecule has 0 aliphatic rings. The third-order valence-corrected chi connectivity index (χ3v) is 4.46. The molecule has 2 rings (SSSR count). The fourth-order valence-electron chi connectivity index (χ4n) is 2.98. The van der Waals surface area contributed by atoms with Gasteiger partial charge in [-0.15, -0.1) is 0 Å². The SMILES string of the molecule is CN(C)CC(COCCCOCc1ccccc1)OCCCOCc1ccccc1. The van der Waals surface area contributed by atoms with E-state index < -0.39 is 0 Å². The van der Waals surface area contributed by atoms with Crippen molar-refractivity contribution in [3.8, 4) is 0 Å². The molecule has 0 saturated carbocycles. The Morgan fingerprint density at radius 2 is 1.17 bits per heavy atom. The minimum atomic E-state index is 0.0689. The highest BCUT2D eigenvalue weighted by molar-refractivity contribution is 5.14. The van der Waals surface area contributed by atoms with E-state index in [1.165, 1.54) is 11.1 Å². The Hall–Kier alpha value is -1.76. The van der Waals surface area contributed by atoms with E-state index in [2.05, 4.69) is 43.3 Å². The van der Waals surface area contributed by atoms with Crippen molar-refractivity contribution in [3.63, 3.8) is 0 Å². The van der Waals surface area contributed by atoms with Crippen LogP contribution in [0.25, 0.3) is 0 Å². The number of benzene rings is 2. The maximum absolute atomic E-state index is 6.01. The van der Waals surface area contributed by atoms with Crippen LogP contribution in [0.1, 0.15) is 24.0 Å². The summed E-state index contributed by atoms with van der Waals surface area (Å²) in [7, 11) is 4.10. The summed E-state index contributed by atoms with van der Waals surface area (Å²) in [6, 6.07) is 20.5. The van der Waals surface area contributed by atoms with Crippen LogP contribution in [0.3, 0.4) is 0 Å². The van der Waals surface area contributed by atoms with Gasteiger partial charge in [-0.05, 0) is 38.1 Å². The van der Waals surface area contributed by atoms with Gasteiger partial charge in [0.05, 0.1) is 25.9 Å². The van der Waals surface area contributed by atoms with E-state index in [0.29, 0.717) is 46.2 Å². The van der Waals surface area contributed by atoms with Gasteiger partial charge in [-0.25, -0.2) is 0 Å². The summed E-state index contributed by atoms with van der Waals surface area (Å²) in [5.41, 5.74) is 2.40. The van der Waals surface area contributed by atoms with Gasteiger partial charge in [0, 0.05) is 33.0 Å². The van der Waals surface area contributed by atoms with Gasteiger partial charge in [0.1, 0.15) is 0 Å². The fraction of sp³-hybridized carbons (Fsp3) is 0.520. The highest BCUT2D eigenvalue weighted by atomic mass is 16.5. The molecule has 0 fully saturated rings. The van der Waals surface area contributed by atoms with Gasteiger partial charge in [0.2, 0.25) is 0 Å². The number of hydrogen-bond acceptors (Lipinski definition) is 5. The van der Waals surface area contributed by atoms with Gasteiger partial charge in [0.15, 0.2) is 0 Å². The molecular formula is C25H37NO4. The van der Waals surface area contributed by atoms with E-state index in [9.17, 15) is 0 Å². The van der Waals surface area contributed by atoms with E-state index in [0.717, 1.165) is 19.4 Å². The highest BCUT2D eigenvalue weighted by Crippen LogP contribution is 2.03. The van der Waals surface area contributed by atoms with Crippen LogP contribution < -0.4 is 0 Å². The molecule has 0 aliphatic heterocycles. The molecule has 2 aromatic rings. The van der Waals surface area contributed by atoms with Crippen LogP contribution >= 0.6 is 0 Å². The standard InChI is InChI=1S/C25H37NO4/c1-26(2)19-25(30-18-10-17-28-21-24-13-7-4-8-14-24)22-29-16-9-15-27-20-23-11-5-3-6-12-23/h3-8,11-14,25H,9-10,15-22H2,1-2H3. The van der Waals surface area contributed by atoms with Crippen molar-refractivity contribution >= 4 is 0 Å². The Bertz CT molecular complexity index is 636. The smallest absolute Gasteiger partial charge is 0.0934 e. The predicted molar refractivity (Wildman–Crippen MR) is 121 cm³/mol. The lowest BCUT2D eigenvalue weighted by molar-refractivity contribution is -0.0369. The number of hydrogen-bond donors (Lipinski definition) is 0. The minimum absolute atomic E-state index is 0.0689. The van der Waals surface area contributed by atoms with Gasteiger partial charge in [0.25, 0.3) is 0 Å². The summed E-state index contributed by atoms with van der Waals surface area (Å²) in [6.45, 7) is 5.50. The lowest BCUT2D eigenvalue weighted by atomic mass is 10.2. The Morgan fingerprint density at radius 1 is 0.667 bits per heavy atom. The van der Waals surface area contributed by atoms with Crippen molar-refractivity contribution in [3.05, 3.63) is 71.8 Å². The first-order valence-electron chi connectivity index (χ1n) is 10.8. The lowest BCUT2D eigenvalue weighted by Crippen LogP contribution is -2.33. The molecular weight excluding hydrogens is 378 g/mol. The van der Waals surface area contributed by atoms with Crippen LogP contribution in [-0.4, -0.2) is 64.7 Å². The predicted octanol–water partition coefficient (Wildman–Crippen LogP) is 4.16. The van der Waals surface area contributed by atoms with Crippen molar-refractivity contribution in [1.82, 2.24) is 4.90 Å². The van der Waals surface area contributed by atoms with Crippen LogP contribution in [0.2, 0.25) is 0 Å². The molecule has 5 nitrogen and oxygen atoms in total. The van der Waals surface area contributed by atoms with Crippen molar-refractivity contribution < 1.29 is 18.9 Å². The zero-order valence-electron chi connectivity index (χ0n) is 18.5. The first kappa shape index (κ1) is 24.5. The van der Waals surface area contributed by atoms with Gasteiger partial charge in [-0.3, -0.25) is 0 Å². The highest BCUT2D eigenvalue weighted by Gasteiger charge is 2.11. The second-order valence-corrected chi connectivity index (χ2v) is 7.61. The van der Waals surface area contributed by atoms with Gasteiger partial charge < -0.3 is 23.8 Å². The first-order chi connectivity index (χ1) is 14.7. The molecule has 2 aromatic carbocycles. The molecule has 5 heteroatoms. The second-order valence-electron chi connectivity index (χ2n) is 7.61. The van der Waals surface area contributed by atoms with E-state index in [1.54, 1.807) is 0 Å². The van der Waals surface area contributed by atoms with Gasteiger partial charge in [-0.1, -0.05) is 60.7 Å². The molecule has 30 heavy (non-hydrogen) atoms. The largest absolute Gasteiger partial charge is 0.379 e. The van der Waals surface area contributed by atoms with Crippen LogP contribution in [0.15, 0.2) is 60.7 Å². The Labute approximate surface area is 181 Å². The lowest BCUT2D eigenvalue weighted by Gasteiger charge is -2.21. The van der Waals surface area contributed by atoms with Crippen molar-refractivity contribution in [2.75, 3.05) is 53.7 Å². The monoisotopic (exact) mass is 415 g/mol. The third-order valence-electron chi connectivity index (χ3n) is 4.46. The molecule has 0 aromatic heterocycles. The summed E-state index contributed by atoms with van der Waals surface area (Å²) < 4.78 is 23.2. The molecule has 0 spiro atoms. The molecule has 1 unspecified atom stereocenters. The Balaban J connectivity index is 1.48. The normalized spacial score (nSPS) is 12.4. The quantitative estimate of drug-likeness (QED) is 0.363. The average Bonchev–Trinajstić information content (AvgIpc) is 2.76. The maximum atomic E-state index is 6.01. The zero-order valence-corrected chi connectivity index (χ0v) is 18.5. The molecule has 0 aliphatic carbocycles. The van der Waals surface area contributed by atoms with Crippen LogP contribution in [0, 0.1) is 0 Å². The first-order valence-corrected chi connectivity index (χ1v) is 10.8. The molecule has 0 bridgehead atoms. The molecule has 0 radical (unpaired) electrons. The molecule has 0 heterocycles. The van der Waals surface area contributed by atoms with E-state index in [1.807, 2.05) is 36.4 Å². The fourth-order valence-corrected chi connectivity index (χ4v) is 2.98. The number of ether oxygens (including phenoxy) is 4. The molecule has 0 N–H and O–H groups in total. The number of rotatable bonds is 17. The zero-order chi connectivity index (χ0) is 21.3. The Morgan fingerprint density at radius 3 is 1.70 bits per heavy atom. The van der Waals surface area contributed by atoms with Crippen molar-refractivity contribution in [2.24, 2.45) is 0 Å². The summed E-state index contributed by atoms with van der Waals surface area (Å²) in [4.78, 5) is 2.13. The van der Waals surface area contributed by atoms with E-state index in [-0.39, 0.29) is 6.10 Å². The van der Waals surface area contributed by atoms with Crippen molar-refractivity contribution in [2.45, 2.75) is 32.2 Å². The van der Waals surface area contributed by atoms with Crippen LogP contribution in [-0.2, 0) is 32.2 Å². The molecule has 0 amide bonds. The van der Waals surface area contributed by atoms with Gasteiger partial charge >= 0.3 is 0 Å². The number of likely N-dealkylation sites (N-methyl/N-ethyl adjacent to an activating group) is 1. The summed E-state index contributed by atoms with van der Waals surface area (Å²) in [5.74, 6) is 0. The van der Waals surface area contributed by atoms with E-state index >= 15 is 0 Å². The van der Waals surface area contributed by atoms with Gasteiger partial charge in [-0.2, -0.15) is 0 Å². The summed E-state index contributed by atoms with van der Waals surface area (Å²) in [6.07, 6.45) is 1.83. The van der Waals surface area contributed by atoms with Crippen LogP contribution in [0.5, 0.6) is 0 Å². The topological polar surface area (TPSA) is 40.2 Å². The maximum Gasteiger partial charge on any atom is 0.0934 e. The molecule has 0 saturated heterocycles. The number of nitrogens with zero attached hydrogens (tertiary/aromatic N) is 1. The Kier molecular flexibility index (Phi) is 13.1. The van der Waals surface area contributed by atoms with Crippen molar-refractivity contribution in [1.29, 1.82) is 0 Å².